The minimum absolute atomic E-state index is 0.170. The number of nitrogens with zero attached hydrogens (tertiary/aromatic N) is 3. The van der Waals surface area contributed by atoms with E-state index in [1.54, 1.807) is 18.3 Å². The highest BCUT2D eigenvalue weighted by atomic mass is 35.5. The number of pyridine rings is 2. The number of benzene rings is 3. The maximum Gasteiger partial charge on any atom is 0.243 e. The third-order valence-electron chi connectivity index (χ3n) is 5.90. The van der Waals surface area contributed by atoms with Crippen LogP contribution in [-0.4, -0.2) is 29.2 Å². The number of aryl methyl sites for hydroxylation is 1. The molecule has 10 heteroatoms. The van der Waals surface area contributed by atoms with E-state index in [2.05, 4.69) is 9.97 Å². The average molecular weight is 607 g/mol. The molecule has 2 aromatic heterocycles. The molecule has 0 saturated heterocycles. The Morgan fingerprint density at radius 2 is 1.29 bits per heavy atom. The summed E-state index contributed by atoms with van der Waals surface area (Å²) in [5, 5.41) is 4.85. The first-order chi connectivity index (χ1) is 18.1. The zero-order valence-corrected chi connectivity index (χ0v) is 24.3. The van der Waals surface area contributed by atoms with Crippen LogP contribution in [0.3, 0.4) is 0 Å². The zero-order chi connectivity index (χ0) is 27.4. The third kappa shape index (κ3) is 6.23. The number of aromatic nitrogens is 2. The van der Waals surface area contributed by atoms with Gasteiger partial charge in [-0.3, -0.25) is 0 Å². The minimum Gasteiger partial charge on any atom is -0.242 e. The lowest BCUT2D eigenvalue weighted by Crippen LogP contribution is -2.30. The first kappa shape index (κ1) is 28.6. The number of halogens is 4. The molecule has 38 heavy (non-hydrogen) atoms. The van der Waals surface area contributed by atoms with Gasteiger partial charge in [-0.2, -0.15) is 4.31 Å². The molecule has 0 amide bonds. The SMILES string of the molecule is CCN(Cc1ccccc1)S(=O)(=O)c1ccc2c(Cl)cnc(Cl)c2c1.Cc1ccc2c(Cl)cnc(Cl)c2c1. The molecule has 3 aromatic carbocycles. The van der Waals surface area contributed by atoms with E-state index in [0.717, 1.165) is 21.9 Å². The first-order valence-electron chi connectivity index (χ1n) is 11.6. The highest BCUT2D eigenvalue weighted by Crippen LogP contribution is 2.31. The molecule has 5 aromatic rings. The van der Waals surface area contributed by atoms with Crippen molar-refractivity contribution in [3.63, 3.8) is 0 Å². The van der Waals surface area contributed by atoms with Crippen LogP contribution in [0.1, 0.15) is 18.1 Å². The number of sulfonamides is 1. The van der Waals surface area contributed by atoms with Crippen molar-refractivity contribution in [2.24, 2.45) is 0 Å². The fourth-order valence-corrected chi connectivity index (χ4v) is 6.21. The molecule has 0 saturated carbocycles. The van der Waals surface area contributed by atoms with E-state index in [4.69, 9.17) is 46.4 Å². The molecule has 0 fully saturated rings. The fourth-order valence-electron chi connectivity index (χ4n) is 3.91. The van der Waals surface area contributed by atoms with E-state index in [0.29, 0.717) is 39.1 Å². The van der Waals surface area contributed by atoms with Gasteiger partial charge in [-0.15, -0.1) is 0 Å². The van der Waals surface area contributed by atoms with Gasteiger partial charge in [-0.1, -0.05) is 107 Å². The number of rotatable bonds is 5. The Balaban J connectivity index is 0.000000216. The summed E-state index contributed by atoms with van der Waals surface area (Å²) < 4.78 is 27.5. The Kier molecular flexibility index (Phi) is 9.14. The van der Waals surface area contributed by atoms with Crippen LogP contribution >= 0.6 is 46.4 Å². The van der Waals surface area contributed by atoms with Crippen molar-refractivity contribution in [3.8, 4) is 0 Å². The van der Waals surface area contributed by atoms with Gasteiger partial charge in [0.25, 0.3) is 0 Å². The molecule has 5 nitrogen and oxygen atoms in total. The fraction of sp³-hybridized carbons (Fsp3) is 0.143. The molecular formula is C28H23Cl4N3O2S. The third-order valence-corrected chi connectivity index (χ3v) is 9.02. The molecule has 0 bridgehead atoms. The zero-order valence-electron chi connectivity index (χ0n) is 20.5. The van der Waals surface area contributed by atoms with Gasteiger partial charge in [0.1, 0.15) is 10.3 Å². The lowest BCUT2D eigenvalue weighted by molar-refractivity contribution is 0.423. The van der Waals surface area contributed by atoms with Crippen LogP contribution in [-0.2, 0) is 16.6 Å². The highest BCUT2D eigenvalue weighted by molar-refractivity contribution is 7.89. The minimum atomic E-state index is -3.67. The molecule has 0 spiro atoms. The summed E-state index contributed by atoms with van der Waals surface area (Å²) in [5.41, 5.74) is 2.08. The van der Waals surface area contributed by atoms with Crippen molar-refractivity contribution in [1.29, 1.82) is 0 Å². The van der Waals surface area contributed by atoms with Crippen molar-refractivity contribution in [3.05, 3.63) is 111 Å². The second-order valence-electron chi connectivity index (χ2n) is 8.47. The summed E-state index contributed by atoms with van der Waals surface area (Å²) in [5.74, 6) is 0. The second kappa shape index (κ2) is 12.2. The van der Waals surface area contributed by atoms with Crippen LogP contribution < -0.4 is 0 Å². The van der Waals surface area contributed by atoms with E-state index in [1.165, 1.54) is 16.6 Å². The van der Waals surface area contributed by atoms with E-state index < -0.39 is 10.0 Å². The van der Waals surface area contributed by atoms with Crippen LogP contribution in [0, 0.1) is 6.92 Å². The Morgan fingerprint density at radius 3 is 1.87 bits per heavy atom. The van der Waals surface area contributed by atoms with E-state index in [9.17, 15) is 8.42 Å². The van der Waals surface area contributed by atoms with Gasteiger partial charge >= 0.3 is 0 Å². The van der Waals surface area contributed by atoms with Crippen molar-refractivity contribution in [2.75, 3.05) is 6.54 Å². The van der Waals surface area contributed by atoms with Crippen LogP contribution in [0.5, 0.6) is 0 Å². The van der Waals surface area contributed by atoms with E-state index in [1.807, 2.05) is 62.4 Å². The van der Waals surface area contributed by atoms with Gasteiger partial charge in [0.15, 0.2) is 0 Å². The molecule has 5 rings (SSSR count). The molecule has 0 atom stereocenters. The Hall–Kier alpha value is -2.45. The quantitative estimate of drug-likeness (QED) is 0.188. The maximum atomic E-state index is 13.0. The molecular weight excluding hydrogens is 584 g/mol. The van der Waals surface area contributed by atoms with E-state index >= 15 is 0 Å². The lowest BCUT2D eigenvalue weighted by Gasteiger charge is -2.21. The summed E-state index contributed by atoms with van der Waals surface area (Å²) in [6, 6.07) is 20.2. The van der Waals surface area contributed by atoms with Crippen LogP contribution in [0.15, 0.2) is 84.0 Å². The summed E-state index contributed by atoms with van der Waals surface area (Å²) in [4.78, 5) is 8.14. The molecule has 0 aliphatic carbocycles. The van der Waals surface area contributed by atoms with E-state index in [-0.39, 0.29) is 10.0 Å². The smallest absolute Gasteiger partial charge is 0.242 e. The van der Waals surface area contributed by atoms with Crippen molar-refractivity contribution in [1.82, 2.24) is 14.3 Å². The molecule has 0 unspecified atom stereocenters. The number of hydrogen-bond donors (Lipinski definition) is 0. The van der Waals surface area contributed by atoms with Crippen LogP contribution in [0.2, 0.25) is 20.4 Å². The summed E-state index contributed by atoms with van der Waals surface area (Å²) >= 11 is 24.1. The van der Waals surface area contributed by atoms with Gasteiger partial charge in [-0.05, 0) is 30.7 Å². The second-order valence-corrected chi connectivity index (χ2v) is 11.9. The van der Waals surface area contributed by atoms with Crippen molar-refractivity contribution in [2.45, 2.75) is 25.3 Å². The predicted molar refractivity (Wildman–Crippen MR) is 158 cm³/mol. The predicted octanol–water partition coefficient (Wildman–Crippen LogP) is 8.60. The molecule has 0 N–H and O–H groups in total. The van der Waals surface area contributed by atoms with Gasteiger partial charge in [0.2, 0.25) is 10.0 Å². The topological polar surface area (TPSA) is 63.2 Å². The normalized spacial score (nSPS) is 11.6. The van der Waals surface area contributed by atoms with Crippen molar-refractivity contribution < 1.29 is 8.42 Å². The van der Waals surface area contributed by atoms with Crippen molar-refractivity contribution >= 4 is 78.0 Å². The lowest BCUT2D eigenvalue weighted by atomic mass is 10.1. The monoisotopic (exact) mass is 605 g/mol. The molecule has 0 aliphatic heterocycles. The summed E-state index contributed by atoms with van der Waals surface area (Å²) in [6.45, 7) is 4.49. The summed E-state index contributed by atoms with van der Waals surface area (Å²) in [6.07, 6.45) is 3.02. The number of hydrogen-bond acceptors (Lipinski definition) is 4. The van der Waals surface area contributed by atoms with Crippen LogP contribution in [0.4, 0.5) is 0 Å². The Labute approximate surface area is 242 Å². The molecule has 196 valence electrons. The molecule has 0 aliphatic rings. The van der Waals surface area contributed by atoms with Gasteiger partial charge in [0, 0.05) is 47.0 Å². The summed E-state index contributed by atoms with van der Waals surface area (Å²) in [7, 11) is -3.67. The average Bonchev–Trinajstić information content (AvgIpc) is 2.92. The number of fused-ring (bicyclic) bond motifs is 2. The van der Waals surface area contributed by atoms with Gasteiger partial charge in [0.05, 0.1) is 14.9 Å². The molecule has 0 radical (unpaired) electrons. The maximum absolute atomic E-state index is 13.0. The highest BCUT2D eigenvalue weighted by Gasteiger charge is 2.24. The Bertz CT molecular complexity index is 1710. The first-order valence-corrected chi connectivity index (χ1v) is 14.5. The standard InChI is InChI=1S/C18H16Cl2N2O2S.C10H7Cl2N/c1-2-22(12-13-6-4-3-5-7-13)25(23,24)14-8-9-15-16(10-14)18(20)21-11-17(15)19;1-6-2-3-7-8(4-6)10(12)13-5-9(7)11/h3-11H,2,12H2,1H3;2-5H,1H3. The van der Waals surface area contributed by atoms with Gasteiger partial charge < -0.3 is 0 Å². The molecule has 2 heterocycles. The Morgan fingerprint density at radius 1 is 0.737 bits per heavy atom. The van der Waals surface area contributed by atoms with Gasteiger partial charge in [-0.25, -0.2) is 18.4 Å². The largest absolute Gasteiger partial charge is 0.243 e. The van der Waals surface area contributed by atoms with Crippen LogP contribution in [0.25, 0.3) is 21.5 Å².